The van der Waals surface area contributed by atoms with Crippen LogP contribution >= 0.6 is 0 Å². The zero-order chi connectivity index (χ0) is 12.1. The van der Waals surface area contributed by atoms with E-state index in [2.05, 4.69) is 27.3 Å². The van der Waals surface area contributed by atoms with E-state index in [4.69, 9.17) is 11.5 Å². The van der Waals surface area contributed by atoms with Crippen LogP contribution in [0, 0.1) is 0 Å². The van der Waals surface area contributed by atoms with E-state index in [9.17, 15) is 0 Å². The van der Waals surface area contributed by atoms with E-state index < -0.39 is 0 Å². The third-order valence-corrected chi connectivity index (χ3v) is 4.01. The van der Waals surface area contributed by atoms with Gasteiger partial charge in [-0.15, -0.1) is 0 Å². The van der Waals surface area contributed by atoms with Crippen molar-refractivity contribution < 1.29 is 0 Å². The van der Waals surface area contributed by atoms with E-state index in [1.54, 1.807) is 0 Å². The molecule has 0 aliphatic heterocycles. The molecule has 1 heterocycles. The summed E-state index contributed by atoms with van der Waals surface area (Å²) in [4.78, 5) is 3.93. The molecule has 0 atom stereocenters. The topological polar surface area (TPSA) is 90.2 Å². The molecule has 5 nitrogen and oxygen atoms in total. The molecule has 0 bridgehead atoms. The quantitative estimate of drug-likeness (QED) is 0.468. The van der Waals surface area contributed by atoms with Gasteiger partial charge in [0.25, 0.3) is 0 Å². The molecule has 17 heavy (non-hydrogen) atoms. The summed E-state index contributed by atoms with van der Waals surface area (Å²) in [5.74, 6) is 0.0972. The molecule has 0 fully saturated rings. The van der Waals surface area contributed by atoms with Crippen molar-refractivity contribution in [3.8, 4) is 0 Å². The summed E-state index contributed by atoms with van der Waals surface area (Å²) in [6.45, 7) is 0.462. The van der Waals surface area contributed by atoms with Crippen molar-refractivity contribution >= 4 is 20.5 Å². The average molecular weight is 294 g/mol. The Kier molecular flexibility index (Phi) is 3.90. The van der Waals surface area contributed by atoms with Gasteiger partial charge in [-0.2, -0.15) is 0 Å². The van der Waals surface area contributed by atoms with Crippen LogP contribution in [0.4, 0.5) is 0 Å². The van der Waals surface area contributed by atoms with E-state index in [0.29, 0.717) is 6.54 Å². The Hall–Kier alpha value is -1.65. The summed E-state index contributed by atoms with van der Waals surface area (Å²) in [7, 11) is 0. The van der Waals surface area contributed by atoms with Crippen LogP contribution < -0.4 is 11.5 Å². The molecule has 6 heteroatoms. The second-order valence-electron chi connectivity index (χ2n) is 3.49. The van der Waals surface area contributed by atoms with Gasteiger partial charge in [0.15, 0.2) is 0 Å². The van der Waals surface area contributed by atoms with Crippen LogP contribution in [0.25, 0.3) is 0 Å². The second kappa shape index (κ2) is 5.61. The van der Waals surface area contributed by atoms with Gasteiger partial charge in [0, 0.05) is 0 Å². The Morgan fingerprint density at radius 1 is 1.12 bits per heavy atom. The van der Waals surface area contributed by atoms with Crippen molar-refractivity contribution in [3.05, 3.63) is 45.0 Å². The van der Waals surface area contributed by atoms with Crippen LogP contribution in [-0.2, 0) is 13.0 Å². The molecule has 4 N–H and O–H groups in total. The predicted octanol–water partition coefficient (Wildman–Crippen LogP) is -0.102. The Labute approximate surface area is 105 Å². The molecule has 0 aliphatic rings. The van der Waals surface area contributed by atoms with Gasteiger partial charge in [-0.05, 0) is 0 Å². The van der Waals surface area contributed by atoms with E-state index >= 15 is 0 Å². The van der Waals surface area contributed by atoms with Gasteiger partial charge in [0.05, 0.1) is 0 Å². The van der Waals surface area contributed by atoms with Crippen molar-refractivity contribution in [2.24, 2.45) is 16.5 Å². The molecule has 0 unspecified atom stereocenters. The van der Waals surface area contributed by atoms with Crippen LogP contribution in [0.5, 0.6) is 0 Å². The summed E-state index contributed by atoms with van der Waals surface area (Å²) in [5, 5.41) is 8.27. The summed E-state index contributed by atoms with van der Waals surface area (Å²) in [6, 6.07) is 10.2. The third-order valence-electron chi connectivity index (χ3n) is 2.10. The monoisotopic (exact) mass is 295 g/mol. The average Bonchev–Trinajstić information content (AvgIpc) is 2.75. The van der Waals surface area contributed by atoms with Crippen molar-refractivity contribution in [2.45, 2.75) is 13.0 Å². The first kappa shape index (κ1) is 11.8. The standard InChI is InChI=1S/C11H13N5Se/c12-11(13)14-7-10-16-15-9(17-10)6-8-4-2-1-3-5-8/h1-5H,6-7H2,(H4,12,13,14). The number of hydrogen-bond acceptors (Lipinski definition) is 3. The van der Waals surface area contributed by atoms with Crippen molar-refractivity contribution in [3.63, 3.8) is 0 Å². The minimum atomic E-state index is 0.0972. The normalized spacial score (nSPS) is 10.1. The van der Waals surface area contributed by atoms with Gasteiger partial charge in [0.2, 0.25) is 0 Å². The molecule has 0 amide bonds. The second-order valence-corrected chi connectivity index (χ2v) is 5.90. The van der Waals surface area contributed by atoms with Gasteiger partial charge in [-0.1, -0.05) is 0 Å². The molecule has 0 saturated heterocycles. The number of aromatic nitrogens is 2. The first-order valence-electron chi connectivity index (χ1n) is 5.14. The Morgan fingerprint density at radius 3 is 2.53 bits per heavy atom. The van der Waals surface area contributed by atoms with Crippen molar-refractivity contribution in [1.82, 2.24) is 10.2 Å². The maximum atomic E-state index is 5.27. The Morgan fingerprint density at radius 2 is 1.82 bits per heavy atom. The summed E-state index contributed by atoms with van der Waals surface area (Å²) in [6.07, 6.45) is 0.857. The van der Waals surface area contributed by atoms with Gasteiger partial charge in [-0.3, -0.25) is 0 Å². The zero-order valence-electron chi connectivity index (χ0n) is 9.21. The summed E-state index contributed by atoms with van der Waals surface area (Å²) >= 11 is 0.175. The Balaban J connectivity index is 2.01. The minimum absolute atomic E-state index is 0.0972. The number of guanidine groups is 1. The number of benzene rings is 1. The number of nitrogens with two attached hydrogens (primary N) is 2. The first-order valence-corrected chi connectivity index (χ1v) is 6.86. The number of nitrogens with zero attached hydrogens (tertiary/aromatic N) is 3. The van der Waals surface area contributed by atoms with E-state index in [0.717, 1.165) is 15.6 Å². The first-order chi connectivity index (χ1) is 8.24. The molecule has 0 aliphatic carbocycles. The molecule has 1 aromatic carbocycles. The van der Waals surface area contributed by atoms with Crippen LogP contribution in [0.2, 0.25) is 0 Å². The third kappa shape index (κ3) is 3.69. The zero-order valence-corrected chi connectivity index (χ0v) is 10.9. The van der Waals surface area contributed by atoms with Crippen LogP contribution in [0.3, 0.4) is 0 Å². The molecule has 0 radical (unpaired) electrons. The maximum absolute atomic E-state index is 5.27. The summed E-state index contributed by atoms with van der Waals surface area (Å²) in [5.41, 5.74) is 11.8. The molecule has 2 aromatic rings. The summed E-state index contributed by atoms with van der Waals surface area (Å²) < 4.78 is 2.08. The fourth-order valence-electron chi connectivity index (χ4n) is 1.35. The predicted molar refractivity (Wildman–Crippen MR) is 67.7 cm³/mol. The van der Waals surface area contributed by atoms with Crippen molar-refractivity contribution in [1.29, 1.82) is 0 Å². The number of hydrogen-bond donors (Lipinski definition) is 2. The fraction of sp³-hybridized carbons (Fsp3) is 0.182. The Bertz CT molecular complexity index is 502. The van der Waals surface area contributed by atoms with Gasteiger partial charge in [-0.25, -0.2) is 0 Å². The van der Waals surface area contributed by atoms with Gasteiger partial charge in [0.1, 0.15) is 0 Å². The van der Waals surface area contributed by atoms with E-state index in [1.807, 2.05) is 18.2 Å². The van der Waals surface area contributed by atoms with E-state index in [-0.39, 0.29) is 20.5 Å². The van der Waals surface area contributed by atoms with Crippen LogP contribution in [0.1, 0.15) is 14.7 Å². The molecule has 88 valence electrons. The molecular formula is C11H13N5Se. The molecule has 0 saturated carbocycles. The fourth-order valence-corrected chi connectivity index (χ4v) is 3.04. The molecule has 2 rings (SSSR count). The van der Waals surface area contributed by atoms with Crippen molar-refractivity contribution in [2.75, 3.05) is 0 Å². The molecular weight excluding hydrogens is 281 g/mol. The molecule has 0 spiro atoms. The SMILES string of the molecule is NC(N)=NCc1nnc(Cc2ccccc2)[se]1. The van der Waals surface area contributed by atoms with E-state index in [1.165, 1.54) is 5.56 Å². The van der Waals surface area contributed by atoms with Gasteiger partial charge < -0.3 is 0 Å². The van der Waals surface area contributed by atoms with Crippen LogP contribution in [-0.4, -0.2) is 30.7 Å². The number of aliphatic imine (C=N–C) groups is 1. The molecule has 1 aromatic heterocycles. The van der Waals surface area contributed by atoms with Crippen LogP contribution in [0.15, 0.2) is 35.3 Å². The van der Waals surface area contributed by atoms with Gasteiger partial charge >= 0.3 is 105 Å². The number of rotatable bonds is 4.